The summed E-state index contributed by atoms with van der Waals surface area (Å²) in [5.41, 5.74) is 0.691. The lowest BCUT2D eigenvalue weighted by Crippen LogP contribution is -2.47. The lowest BCUT2D eigenvalue weighted by molar-refractivity contribution is 0.0905. The second-order valence-corrected chi connectivity index (χ2v) is 5.27. The van der Waals surface area contributed by atoms with Gasteiger partial charge in [-0.05, 0) is 44.1 Å². The van der Waals surface area contributed by atoms with Gasteiger partial charge in [-0.2, -0.15) is 0 Å². The first-order chi connectivity index (χ1) is 8.69. The zero-order valence-electron chi connectivity index (χ0n) is 10.7. The van der Waals surface area contributed by atoms with Crippen molar-refractivity contribution in [2.24, 2.45) is 0 Å². The van der Waals surface area contributed by atoms with Crippen LogP contribution in [-0.4, -0.2) is 36.5 Å². The van der Waals surface area contributed by atoms with Gasteiger partial charge in [-0.1, -0.05) is 13.0 Å². The fourth-order valence-electron chi connectivity index (χ4n) is 2.38. The standard InChI is InChI=1S/C14H20N2OS/c1-2-16-8-4-6-12(10-16)15-14(17)11-5-3-7-13(18)9-11/h3,5,7,9,12,18H,2,4,6,8,10H2,1H3,(H,15,17). The van der Waals surface area contributed by atoms with E-state index < -0.39 is 0 Å². The molecule has 0 aliphatic carbocycles. The van der Waals surface area contributed by atoms with Crippen LogP contribution in [0, 0.1) is 0 Å². The average molecular weight is 264 g/mol. The first kappa shape index (κ1) is 13.4. The minimum atomic E-state index is 0.00820. The highest BCUT2D eigenvalue weighted by Gasteiger charge is 2.20. The van der Waals surface area contributed by atoms with Gasteiger partial charge in [0, 0.05) is 23.0 Å². The number of thiol groups is 1. The van der Waals surface area contributed by atoms with Gasteiger partial charge in [0.15, 0.2) is 0 Å². The van der Waals surface area contributed by atoms with Crippen LogP contribution in [0.2, 0.25) is 0 Å². The molecule has 1 amide bonds. The number of hydrogen-bond donors (Lipinski definition) is 2. The lowest BCUT2D eigenvalue weighted by atomic mass is 10.1. The summed E-state index contributed by atoms with van der Waals surface area (Å²) in [5, 5.41) is 3.11. The Morgan fingerprint density at radius 2 is 2.39 bits per heavy atom. The van der Waals surface area contributed by atoms with Gasteiger partial charge in [-0.3, -0.25) is 4.79 Å². The minimum absolute atomic E-state index is 0.00820. The predicted octanol–water partition coefficient (Wildman–Crippen LogP) is 2.19. The molecule has 2 rings (SSSR count). The highest BCUT2D eigenvalue weighted by molar-refractivity contribution is 7.80. The van der Waals surface area contributed by atoms with Gasteiger partial charge in [0.1, 0.15) is 0 Å². The van der Waals surface area contributed by atoms with Crippen molar-refractivity contribution in [2.45, 2.75) is 30.7 Å². The zero-order chi connectivity index (χ0) is 13.0. The van der Waals surface area contributed by atoms with E-state index in [1.165, 1.54) is 0 Å². The molecule has 3 nitrogen and oxygen atoms in total. The molecule has 0 aromatic heterocycles. The molecule has 1 heterocycles. The lowest BCUT2D eigenvalue weighted by Gasteiger charge is -2.32. The number of benzene rings is 1. The van der Waals surface area contributed by atoms with Crippen LogP contribution >= 0.6 is 12.6 Å². The van der Waals surface area contributed by atoms with E-state index in [0.717, 1.165) is 37.4 Å². The number of piperidine rings is 1. The maximum Gasteiger partial charge on any atom is 0.251 e. The molecule has 98 valence electrons. The van der Waals surface area contributed by atoms with E-state index >= 15 is 0 Å². The highest BCUT2D eigenvalue weighted by atomic mass is 32.1. The Bertz CT molecular complexity index is 422. The van der Waals surface area contributed by atoms with Crippen molar-refractivity contribution >= 4 is 18.5 Å². The van der Waals surface area contributed by atoms with Crippen LogP contribution in [0.15, 0.2) is 29.2 Å². The summed E-state index contributed by atoms with van der Waals surface area (Å²) in [4.78, 5) is 15.3. The predicted molar refractivity (Wildman–Crippen MR) is 76.3 cm³/mol. The number of carbonyl (C=O) groups excluding carboxylic acids is 1. The van der Waals surface area contributed by atoms with E-state index in [2.05, 4.69) is 29.8 Å². The smallest absolute Gasteiger partial charge is 0.251 e. The average Bonchev–Trinajstić information content (AvgIpc) is 2.39. The van der Waals surface area contributed by atoms with Crippen LogP contribution in [-0.2, 0) is 0 Å². The minimum Gasteiger partial charge on any atom is -0.348 e. The molecule has 0 spiro atoms. The van der Waals surface area contributed by atoms with E-state index in [-0.39, 0.29) is 11.9 Å². The molecule has 1 aliphatic heterocycles. The van der Waals surface area contributed by atoms with E-state index in [4.69, 9.17) is 0 Å². The number of carbonyl (C=O) groups is 1. The van der Waals surface area contributed by atoms with Crippen LogP contribution in [0.3, 0.4) is 0 Å². The van der Waals surface area contributed by atoms with Crippen molar-refractivity contribution in [1.29, 1.82) is 0 Å². The van der Waals surface area contributed by atoms with Crippen LogP contribution in [0.1, 0.15) is 30.1 Å². The summed E-state index contributed by atoms with van der Waals surface area (Å²) in [7, 11) is 0. The van der Waals surface area contributed by atoms with Gasteiger partial charge in [0.25, 0.3) is 5.91 Å². The molecule has 1 aliphatic rings. The maximum atomic E-state index is 12.1. The second-order valence-electron chi connectivity index (χ2n) is 4.76. The Hall–Kier alpha value is -1.00. The van der Waals surface area contributed by atoms with Gasteiger partial charge in [0.2, 0.25) is 0 Å². The van der Waals surface area contributed by atoms with E-state index in [9.17, 15) is 4.79 Å². The summed E-state index contributed by atoms with van der Waals surface area (Å²) in [6.07, 6.45) is 2.23. The molecular weight excluding hydrogens is 244 g/mol. The number of likely N-dealkylation sites (N-methyl/N-ethyl adjacent to an activating group) is 1. The van der Waals surface area contributed by atoms with Gasteiger partial charge in [-0.15, -0.1) is 12.6 Å². The molecule has 1 fully saturated rings. The molecular formula is C14H20N2OS. The van der Waals surface area contributed by atoms with Crippen LogP contribution in [0.5, 0.6) is 0 Å². The first-order valence-corrected chi connectivity index (χ1v) is 6.96. The maximum absolute atomic E-state index is 12.1. The van der Waals surface area contributed by atoms with Gasteiger partial charge in [-0.25, -0.2) is 0 Å². The fraction of sp³-hybridized carbons (Fsp3) is 0.500. The Morgan fingerprint density at radius 3 is 3.11 bits per heavy atom. The fourth-order valence-corrected chi connectivity index (χ4v) is 2.60. The molecule has 0 saturated carbocycles. The molecule has 1 unspecified atom stereocenters. The van der Waals surface area contributed by atoms with Gasteiger partial charge in [0.05, 0.1) is 0 Å². The molecule has 0 bridgehead atoms. The number of rotatable bonds is 3. The van der Waals surface area contributed by atoms with Gasteiger partial charge < -0.3 is 10.2 Å². The largest absolute Gasteiger partial charge is 0.348 e. The van der Waals surface area contributed by atoms with E-state index in [1.54, 1.807) is 6.07 Å². The zero-order valence-corrected chi connectivity index (χ0v) is 11.6. The topological polar surface area (TPSA) is 32.3 Å². The molecule has 4 heteroatoms. The number of likely N-dealkylation sites (tertiary alicyclic amines) is 1. The Labute approximate surface area is 114 Å². The third-order valence-corrected chi connectivity index (χ3v) is 3.67. The molecule has 1 atom stereocenters. The Kier molecular flexibility index (Phi) is 4.66. The molecule has 1 saturated heterocycles. The van der Waals surface area contributed by atoms with Crippen molar-refractivity contribution in [1.82, 2.24) is 10.2 Å². The van der Waals surface area contributed by atoms with Crippen LogP contribution in [0.4, 0.5) is 0 Å². The second kappa shape index (κ2) is 6.25. The quantitative estimate of drug-likeness (QED) is 0.820. The number of nitrogens with one attached hydrogen (secondary N) is 1. The summed E-state index contributed by atoms with van der Waals surface area (Å²) >= 11 is 4.26. The Balaban J connectivity index is 1.95. The van der Waals surface area contributed by atoms with Crippen LogP contribution < -0.4 is 5.32 Å². The van der Waals surface area contributed by atoms with Crippen molar-refractivity contribution in [2.75, 3.05) is 19.6 Å². The summed E-state index contributed by atoms with van der Waals surface area (Å²) < 4.78 is 0. The third-order valence-electron chi connectivity index (χ3n) is 3.40. The highest BCUT2D eigenvalue weighted by Crippen LogP contribution is 2.12. The summed E-state index contributed by atoms with van der Waals surface area (Å²) in [6.45, 7) is 5.32. The van der Waals surface area contributed by atoms with Crippen molar-refractivity contribution in [3.05, 3.63) is 29.8 Å². The van der Waals surface area contributed by atoms with Crippen molar-refractivity contribution in [3.8, 4) is 0 Å². The summed E-state index contributed by atoms with van der Waals surface area (Å²) in [6, 6.07) is 7.64. The molecule has 0 radical (unpaired) electrons. The molecule has 1 aromatic rings. The van der Waals surface area contributed by atoms with Crippen molar-refractivity contribution in [3.63, 3.8) is 0 Å². The van der Waals surface area contributed by atoms with E-state index in [1.807, 2.05) is 18.2 Å². The van der Waals surface area contributed by atoms with Gasteiger partial charge >= 0.3 is 0 Å². The van der Waals surface area contributed by atoms with E-state index in [0.29, 0.717) is 5.56 Å². The first-order valence-electron chi connectivity index (χ1n) is 6.51. The SMILES string of the molecule is CCN1CCCC(NC(=O)c2cccc(S)c2)C1. The van der Waals surface area contributed by atoms with Crippen LogP contribution in [0.25, 0.3) is 0 Å². The summed E-state index contributed by atoms with van der Waals surface area (Å²) in [5.74, 6) is 0.00820. The molecule has 18 heavy (non-hydrogen) atoms. The third kappa shape index (κ3) is 3.50. The number of amides is 1. The normalized spacial score (nSPS) is 20.7. The monoisotopic (exact) mass is 264 g/mol. The Morgan fingerprint density at radius 1 is 1.56 bits per heavy atom. The van der Waals surface area contributed by atoms with Crippen molar-refractivity contribution < 1.29 is 4.79 Å². The number of hydrogen-bond acceptors (Lipinski definition) is 3. The molecule has 1 N–H and O–H groups in total. The molecule has 1 aromatic carbocycles. The number of nitrogens with zero attached hydrogens (tertiary/aromatic N) is 1.